The molecule has 0 saturated heterocycles. The highest BCUT2D eigenvalue weighted by atomic mass is 16.6. The first kappa shape index (κ1) is 31.9. The molecule has 0 spiro atoms. The van der Waals surface area contributed by atoms with Gasteiger partial charge in [-0.2, -0.15) is 0 Å². The molecule has 3 N–H and O–H groups in total. The SMILES string of the molecule is O=C(CC1CC=CCCC(Cc2ccccc2)C(=O)OCC(C(=O)OCc2ccccc2)NC1=O)NC1(CO)CCCC1. The van der Waals surface area contributed by atoms with E-state index in [9.17, 15) is 24.3 Å². The maximum absolute atomic E-state index is 13.5. The molecule has 3 atom stereocenters. The summed E-state index contributed by atoms with van der Waals surface area (Å²) in [6, 6.07) is 17.6. The van der Waals surface area contributed by atoms with E-state index in [1.54, 1.807) is 0 Å². The summed E-state index contributed by atoms with van der Waals surface area (Å²) in [5.74, 6) is -3.23. The summed E-state index contributed by atoms with van der Waals surface area (Å²) in [4.78, 5) is 52.9. The molecule has 9 heteroatoms. The van der Waals surface area contributed by atoms with Crippen molar-refractivity contribution >= 4 is 23.8 Å². The summed E-state index contributed by atoms with van der Waals surface area (Å²) in [6.07, 6.45) is 8.75. The number of carbonyl (C=O) groups is 4. The van der Waals surface area contributed by atoms with Crippen molar-refractivity contribution in [2.24, 2.45) is 11.8 Å². The highest BCUT2D eigenvalue weighted by Gasteiger charge is 2.36. The fourth-order valence-electron chi connectivity index (χ4n) is 5.68. The third-order valence-corrected chi connectivity index (χ3v) is 8.22. The summed E-state index contributed by atoms with van der Waals surface area (Å²) in [5, 5.41) is 15.6. The van der Waals surface area contributed by atoms with E-state index >= 15 is 0 Å². The zero-order valence-electron chi connectivity index (χ0n) is 24.5. The van der Waals surface area contributed by atoms with E-state index in [1.165, 1.54) is 0 Å². The zero-order chi connectivity index (χ0) is 30.5. The minimum atomic E-state index is -1.24. The topological polar surface area (TPSA) is 131 Å². The third kappa shape index (κ3) is 9.78. The smallest absolute Gasteiger partial charge is 0.332 e. The van der Waals surface area contributed by atoms with Crippen LogP contribution in [0.1, 0.15) is 62.5 Å². The maximum atomic E-state index is 13.5. The number of rotatable bonds is 9. The molecule has 2 aromatic rings. The standard InChI is InChI=1S/C34H42N2O7/c37-24-34(18-10-11-19-34)36-30(38)21-27-16-8-3-9-17-28(20-25-12-4-1-5-13-25)32(40)43-23-29(35-31(27)39)33(41)42-22-26-14-6-2-7-15-26/h1-8,12-15,27-29,37H,9-11,16-24H2,(H,35,39)(H,36,38). The maximum Gasteiger partial charge on any atom is 0.332 e. The van der Waals surface area contributed by atoms with Crippen molar-refractivity contribution in [2.75, 3.05) is 13.2 Å². The van der Waals surface area contributed by atoms with E-state index in [0.29, 0.717) is 32.1 Å². The van der Waals surface area contributed by atoms with Gasteiger partial charge in [0.1, 0.15) is 13.2 Å². The largest absolute Gasteiger partial charge is 0.463 e. The molecule has 9 nitrogen and oxygen atoms in total. The van der Waals surface area contributed by atoms with Crippen LogP contribution in [-0.4, -0.2) is 53.7 Å². The molecule has 0 radical (unpaired) electrons. The molecule has 43 heavy (non-hydrogen) atoms. The van der Waals surface area contributed by atoms with Crippen LogP contribution in [0.3, 0.4) is 0 Å². The summed E-state index contributed by atoms with van der Waals surface area (Å²) < 4.78 is 11.1. The predicted octanol–water partition coefficient (Wildman–Crippen LogP) is 3.78. The first-order chi connectivity index (χ1) is 20.9. The van der Waals surface area contributed by atoms with Crippen LogP contribution in [0.5, 0.6) is 0 Å². The Hall–Kier alpha value is -3.98. The van der Waals surface area contributed by atoms with Crippen LogP contribution in [0.15, 0.2) is 72.8 Å². The van der Waals surface area contributed by atoms with E-state index in [2.05, 4.69) is 10.6 Å². The van der Waals surface area contributed by atoms with Gasteiger partial charge in [-0.3, -0.25) is 14.4 Å². The Labute approximate surface area is 253 Å². The van der Waals surface area contributed by atoms with Crippen LogP contribution in [0, 0.1) is 11.8 Å². The summed E-state index contributed by atoms with van der Waals surface area (Å²) in [7, 11) is 0. The molecule has 1 heterocycles. The highest BCUT2D eigenvalue weighted by molar-refractivity contribution is 5.89. The van der Waals surface area contributed by atoms with Crippen molar-refractivity contribution in [3.8, 4) is 0 Å². The molecule has 1 aliphatic carbocycles. The first-order valence-electron chi connectivity index (χ1n) is 15.2. The van der Waals surface area contributed by atoms with E-state index in [1.807, 2.05) is 72.8 Å². The second-order valence-electron chi connectivity index (χ2n) is 11.6. The van der Waals surface area contributed by atoms with Crippen LogP contribution < -0.4 is 10.6 Å². The van der Waals surface area contributed by atoms with Crippen molar-refractivity contribution in [3.05, 3.63) is 83.9 Å². The average Bonchev–Trinajstić information content (AvgIpc) is 3.49. The zero-order valence-corrected chi connectivity index (χ0v) is 24.5. The number of amides is 2. The van der Waals surface area contributed by atoms with Crippen molar-refractivity contribution in [1.82, 2.24) is 10.6 Å². The molecule has 0 bridgehead atoms. The van der Waals surface area contributed by atoms with Gasteiger partial charge in [0, 0.05) is 6.42 Å². The fourth-order valence-corrected chi connectivity index (χ4v) is 5.68. The summed E-state index contributed by atoms with van der Waals surface area (Å²) >= 11 is 0. The van der Waals surface area contributed by atoms with Crippen LogP contribution in [0.25, 0.3) is 0 Å². The van der Waals surface area contributed by atoms with E-state index < -0.39 is 41.3 Å². The lowest BCUT2D eigenvalue weighted by Gasteiger charge is -2.29. The van der Waals surface area contributed by atoms with Gasteiger partial charge in [0.2, 0.25) is 11.8 Å². The van der Waals surface area contributed by atoms with Gasteiger partial charge >= 0.3 is 11.9 Å². The number of carbonyl (C=O) groups excluding carboxylic acids is 4. The average molecular weight is 591 g/mol. The molecule has 3 unspecified atom stereocenters. The van der Waals surface area contributed by atoms with Crippen molar-refractivity contribution < 1.29 is 33.8 Å². The lowest BCUT2D eigenvalue weighted by Crippen LogP contribution is -2.51. The Morgan fingerprint density at radius 1 is 0.953 bits per heavy atom. The highest BCUT2D eigenvalue weighted by Crippen LogP contribution is 2.29. The number of aliphatic hydroxyl groups is 1. The Bertz CT molecular complexity index is 1240. The van der Waals surface area contributed by atoms with Crippen molar-refractivity contribution in [2.45, 2.75) is 76.0 Å². The molecule has 1 saturated carbocycles. The minimum Gasteiger partial charge on any atom is -0.463 e. The first-order valence-corrected chi connectivity index (χ1v) is 15.2. The van der Waals surface area contributed by atoms with Gasteiger partial charge in [-0.25, -0.2) is 4.79 Å². The number of benzene rings is 2. The number of hydrogen-bond donors (Lipinski definition) is 3. The van der Waals surface area contributed by atoms with Gasteiger partial charge in [0.25, 0.3) is 0 Å². The number of hydrogen-bond acceptors (Lipinski definition) is 7. The molecule has 1 aliphatic heterocycles. The molecular formula is C34H42N2O7. The summed E-state index contributed by atoms with van der Waals surface area (Å²) in [6.45, 7) is -0.543. The second-order valence-corrected chi connectivity index (χ2v) is 11.6. The van der Waals surface area contributed by atoms with E-state index in [4.69, 9.17) is 9.47 Å². The predicted molar refractivity (Wildman–Crippen MR) is 160 cm³/mol. The summed E-state index contributed by atoms with van der Waals surface area (Å²) in [5.41, 5.74) is 1.12. The quantitative estimate of drug-likeness (QED) is 0.299. The molecule has 2 aliphatic rings. The van der Waals surface area contributed by atoms with Gasteiger partial charge in [-0.1, -0.05) is 85.7 Å². The number of allylic oxidation sites excluding steroid dienone is 2. The molecular weight excluding hydrogens is 548 g/mol. The minimum absolute atomic E-state index is 0.00552. The molecule has 2 amide bonds. The van der Waals surface area contributed by atoms with Gasteiger partial charge in [-0.15, -0.1) is 0 Å². The number of ether oxygens (including phenoxy) is 2. The molecule has 1 fully saturated rings. The normalized spacial score (nSPS) is 22.7. The monoisotopic (exact) mass is 590 g/mol. The fraction of sp³-hybridized carbons (Fsp3) is 0.471. The second kappa shape index (κ2) is 16.0. The van der Waals surface area contributed by atoms with Gasteiger partial charge in [0.15, 0.2) is 6.04 Å². The van der Waals surface area contributed by atoms with Gasteiger partial charge in [-0.05, 0) is 49.7 Å². The van der Waals surface area contributed by atoms with Crippen LogP contribution in [-0.2, 0) is 41.7 Å². The molecule has 2 aromatic carbocycles. The van der Waals surface area contributed by atoms with Crippen LogP contribution in [0.4, 0.5) is 0 Å². The Kier molecular flexibility index (Phi) is 11.9. The van der Waals surface area contributed by atoms with Gasteiger partial charge < -0.3 is 25.2 Å². The third-order valence-electron chi connectivity index (χ3n) is 8.22. The number of cyclic esters (lactones) is 1. The lowest BCUT2D eigenvalue weighted by atomic mass is 9.94. The Balaban J connectivity index is 1.49. The van der Waals surface area contributed by atoms with Crippen LogP contribution in [0.2, 0.25) is 0 Å². The number of nitrogens with one attached hydrogen (secondary N) is 2. The Morgan fingerprint density at radius 3 is 2.30 bits per heavy atom. The van der Waals surface area contributed by atoms with E-state index in [0.717, 1.165) is 24.0 Å². The van der Waals surface area contributed by atoms with Crippen molar-refractivity contribution in [1.29, 1.82) is 0 Å². The van der Waals surface area contributed by atoms with E-state index in [-0.39, 0.29) is 38.6 Å². The lowest BCUT2D eigenvalue weighted by molar-refractivity contribution is -0.157. The molecule has 4 rings (SSSR count). The molecule has 0 aromatic heterocycles. The van der Waals surface area contributed by atoms with Crippen LogP contribution >= 0.6 is 0 Å². The number of aliphatic hydroxyl groups excluding tert-OH is 1. The van der Waals surface area contributed by atoms with Crippen molar-refractivity contribution in [3.63, 3.8) is 0 Å². The number of esters is 2. The molecule has 230 valence electrons. The van der Waals surface area contributed by atoms with Gasteiger partial charge in [0.05, 0.1) is 24.0 Å². The Morgan fingerprint density at radius 2 is 1.63 bits per heavy atom.